The molecule has 2 bridgehead atoms. The smallest absolute Gasteiger partial charge is 0.319 e. The number of phenolic OH excluding ortho intramolecular Hbond substituents is 1. The van der Waals surface area contributed by atoms with Crippen LogP contribution in [-0.4, -0.2) is 71.9 Å². The van der Waals surface area contributed by atoms with Gasteiger partial charge < -0.3 is 25.0 Å². The monoisotopic (exact) mass is 575 g/mol. The highest BCUT2D eigenvalue weighted by Crippen LogP contribution is 2.47. The molecule has 1 aromatic heterocycles. The number of hydrogen-bond donors (Lipinski definition) is 2. The molecule has 4 fully saturated rings. The van der Waals surface area contributed by atoms with Gasteiger partial charge >= 0.3 is 6.01 Å². The van der Waals surface area contributed by atoms with Gasteiger partial charge in [-0.05, 0) is 81.2 Å². The Morgan fingerprint density at radius 1 is 1.15 bits per heavy atom. The molecule has 1 aliphatic carbocycles. The number of piperazine rings is 1. The van der Waals surface area contributed by atoms with E-state index in [1.54, 1.807) is 18.2 Å². The van der Waals surface area contributed by atoms with Crippen LogP contribution in [0.4, 0.5) is 10.2 Å². The molecule has 7 nitrogen and oxygen atoms in total. The SMILES string of the molecule is C[C@H]1N[C@H]2CC[C@@H]1N(c1nc(OCC3(CN(C)C)CC3)nc3c(F)c(-c4cccc5cc(O)ccc45)c(Cl)cc13)C2. The van der Waals surface area contributed by atoms with E-state index >= 15 is 4.39 Å². The summed E-state index contributed by atoms with van der Waals surface area (Å²) in [5.74, 6) is 0.339. The molecule has 4 aliphatic rings. The van der Waals surface area contributed by atoms with Gasteiger partial charge in [-0.1, -0.05) is 35.9 Å². The molecule has 0 unspecified atom stereocenters. The molecule has 1 saturated carbocycles. The van der Waals surface area contributed by atoms with Crippen molar-refractivity contribution < 1.29 is 14.2 Å². The molecule has 4 heterocycles. The zero-order valence-corrected chi connectivity index (χ0v) is 24.4. The highest BCUT2D eigenvalue weighted by molar-refractivity contribution is 6.35. The Morgan fingerprint density at radius 3 is 2.71 bits per heavy atom. The minimum atomic E-state index is -0.496. The largest absolute Gasteiger partial charge is 0.508 e. The van der Waals surface area contributed by atoms with Gasteiger partial charge in [-0.3, -0.25) is 0 Å². The van der Waals surface area contributed by atoms with Gasteiger partial charge in [-0.25, -0.2) is 4.39 Å². The molecule has 214 valence electrons. The Balaban J connectivity index is 1.38. The highest BCUT2D eigenvalue weighted by atomic mass is 35.5. The molecule has 3 aliphatic heterocycles. The summed E-state index contributed by atoms with van der Waals surface area (Å²) in [6, 6.07) is 13.5. The van der Waals surface area contributed by atoms with E-state index in [2.05, 4.69) is 41.1 Å². The number of nitrogens with one attached hydrogen (secondary N) is 1. The van der Waals surface area contributed by atoms with E-state index in [-0.39, 0.29) is 34.3 Å². The number of phenols is 1. The molecule has 3 saturated heterocycles. The normalized spacial score (nSPS) is 23.1. The zero-order valence-electron chi connectivity index (χ0n) is 23.6. The quantitative estimate of drug-likeness (QED) is 0.280. The van der Waals surface area contributed by atoms with Gasteiger partial charge in [-0.2, -0.15) is 9.97 Å². The maximum atomic E-state index is 16.8. The molecule has 41 heavy (non-hydrogen) atoms. The van der Waals surface area contributed by atoms with Gasteiger partial charge in [0.1, 0.15) is 17.1 Å². The van der Waals surface area contributed by atoms with E-state index in [0.717, 1.165) is 49.5 Å². The fourth-order valence-corrected chi connectivity index (χ4v) is 7.26. The summed E-state index contributed by atoms with van der Waals surface area (Å²) in [4.78, 5) is 14.1. The lowest BCUT2D eigenvalue weighted by molar-refractivity contribution is 0.183. The third kappa shape index (κ3) is 4.76. The highest BCUT2D eigenvalue weighted by Gasteiger charge is 2.44. The number of piperidine rings is 2. The van der Waals surface area contributed by atoms with Crippen LogP contribution in [0.2, 0.25) is 5.02 Å². The Kier molecular flexibility index (Phi) is 6.48. The number of fused-ring (bicyclic) bond motifs is 5. The first-order chi connectivity index (χ1) is 19.7. The Morgan fingerprint density at radius 2 is 1.98 bits per heavy atom. The van der Waals surface area contributed by atoms with Crippen molar-refractivity contribution in [1.29, 1.82) is 0 Å². The maximum Gasteiger partial charge on any atom is 0.319 e. The molecule has 4 aromatic rings. The first-order valence-corrected chi connectivity index (χ1v) is 14.8. The summed E-state index contributed by atoms with van der Waals surface area (Å²) in [7, 11) is 4.14. The second-order valence-corrected chi connectivity index (χ2v) is 12.9. The van der Waals surface area contributed by atoms with Crippen molar-refractivity contribution in [3.05, 3.63) is 53.3 Å². The van der Waals surface area contributed by atoms with Crippen LogP contribution in [0, 0.1) is 11.2 Å². The standard InChI is InChI=1S/C32H35ClFN5O2/c1-18-26-10-7-20(35-18)15-39(26)30-24-14-25(33)27(23-6-4-5-19-13-21(40)8-9-22(19)23)28(34)29(24)36-31(37-30)41-17-32(11-12-32)16-38(2)3/h4-6,8-9,13-14,18,20,26,35,40H,7,10-12,15-17H2,1-3H3/t18-,20+,26+/m1/s1. The van der Waals surface area contributed by atoms with E-state index in [1.807, 2.05) is 24.3 Å². The Hall–Kier alpha value is -3.20. The topological polar surface area (TPSA) is 73.8 Å². The van der Waals surface area contributed by atoms with Gasteiger partial charge in [0.2, 0.25) is 0 Å². The molecule has 9 heteroatoms. The minimum Gasteiger partial charge on any atom is -0.508 e. The van der Waals surface area contributed by atoms with Crippen LogP contribution in [0.25, 0.3) is 32.8 Å². The molecule has 0 spiro atoms. The van der Waals surface area contributed by atoms with Crippen molar-refractivity contribution in [2.45, 2.75) is 50.7 Å². The number of ether oxygens (including phenoxy) is 1. The second-order valence-electron chi connectivity index (χ2n) is 12.5. The van der Waals surface area contributed by atoms with E-state index in [1.165, 1.54) is 0 Å². The first kappa shape index (κ1) is 26.7. The van der Waals surface area contributed by atoms with Crippen molar-refractivity contribution in [3.63, 3.8) is 0 Å². The summed E-state index contributed by atoms with van der Waals surface area (Å²) >= 11 is 6.90. The van der Waals surface area contributed by atoms with Crippen LogP contribution in [-0.2, 0) is 0 Å². The van der Waals surface area contributed by atoms with Crippen LogP contribution in [0.3, 0.4) is 0 Å². The van der Waals surface area contributed by atoms with Crippen LogP contribution in [0.15, 0.2) is 42.5 Å². The van der Waals surface area contributed by atoms with Crippen LogP contribution in [0.5, 0.6) is 11.8 Å². The van der Waals surface area contributed by atoms with Gasteiger partial charge in [0.25, 0.3) is 0 Å². The van der Waals surface area contributed by atoms with Crippen molar-refractivity contribution in [2.75, 3.05) is 38.7 Å². The Bertz CT molecular complexity index is 1660. The van der Waals surface area contributed by atoms with Gasteiger partial charge in [0, 0.05) is 47.6 Å². The second kappa shape index (κ2) is 9.96. The lowest BCUT2D eigenvalue weighted by Gasteiger charge is -2.50. The third-order valence-electron chi connectivity index (χ3n) is 9.07. The summed E-state index contributed by atoms with van der Waals surface area (Å²) in [6.07, 6.45) is 4.34. The third-order valence-corrected chi connectivity index (χ3v) is 9.37. The predicted octanol–water partition coefficient (Wildman–Crippen LogP) is 6.00. The zero-order chi connectivity index (χ0) is 28.5. The molecular weight excluding hydrogens is 541 g/mol. The number of nitrogens with zero attached hydrogens (tertiary/aromatic N) is 4. The lowest BCUT2D eigenvalue weighted by Crippen LogP contribution is -2.65. The molecular formula is C32H35ClFN5O2. The fraction of sp³-hybridized carbons (Fsp3) is 0.438. The average Bonchev–Trinajstić information content (AvgIpc) is 3.70. The van der Waals surface area contributed by atoms with Crippen molar-refractivity contribution in [1.82, 2.24) is 20.2 Å². The predicted molar refractivity (Wildman–Crippen MR) is 162 cm³/mol. The number of aromatic nitrogens is 2. The summed E-state index contributed by atoms with van der Waals surface area (Å²) in [6.45, 7) is 4.41. The van der Waals surface area contributed by atoms with Gasteiger partial charge in [-0.15, -0.1) is 0 Å². The van der Waals surface area contributed by atoms with E-state index < -0.39 is 5.82 Å². The minimum absolute atomic E-state index is 0.0861. The molecule has 0 radical (unpaired) electrons. The van der Waals surface area contributed by atoms with E-state index in [9.17, 15) is 5.11 Å². The number of rotatable bonds is 7. The lowest BCUT2D eigenvalue weighted by atomic mass is 9.87. The van der Waals surface area contributed by atoms with E-state index in [4.69, 9.17) is 21.3 Å². The van der Waals surface area contributed by atoms with Crippen molar-refractivity contribution >= 4 is 39.1 Å². The summed E-state index contributed by atoms with van der Waals surface area (Å²) in [5, 5.41) is 16.2. The molecule has 3 atom stereocenters. The van der Waals surface area contributed by atoms with E-state index in [0.29, 0.717) is 40.5 Å². The van der Waals surface area contributed by atoms with Crippen LogP contribution < -0.4 is 15.0 Å². The number of aromatic hydroxyl groups is 1. The molecule has 0 amide bonds. The van der Waals surface area contributed by atoms with Crippen LogP contribution in [0.1, 0.15) is 32.6 Å². The number of hydrogen-bond acceptors (Lipinski definition) is 7. The number of halogens is 2. The van der Waals surface area contributed by atoms with Gasteiger partial charge in [0.15, 0.2) is 5.82 Å². The van der Waals surface area contributed by atoms with Gasteiger partial charge in [0.05, 0.1) is 11.6 Å². The fourth-order valence-electron chi connectivity index (χ4n) is 6.97. The molecule has 3 aromatic carbocycles. The molecule has 2 N–H and O–H groups in total. The van der Waals surface area contributed by atoms with Crippen LogP contribution >= 0.6 is 11.6 Å². The summed E-state index contributed by atoms with van der Waals surface area (Å²) in [5.41, 5.74) is 1.22. The number of anilines is 1. The molecule has 8 rings (SSSR count). The first-order valence-electron chi connectivity index (χ1n) is 14.4. The van der Waals surface area contributed by atoms with Crippen molar-refractivity contribution in [3.8, 4) is 22.9 Å². The van der Waals surface area contributed by atoms with Crippen molar-refractivity contribution in [2.24, 2.45) is 5.41 Å². The maximum absolute atomic E-state index is 16.8. The number of benzene rings is 3. The summed E-state index contributed by atoms with van der Waals surface area (Å²) < 4.78 is 23.0. The Labute approximate surface area is 244 Å². The average molecular weight is 576 g/mol.